The SMILES string of the molecule is COc1ccccc1-n1c(SCC(=O)N2c3ccccc3Sc3ccccc32)nnc1-c1cccs1. The van der Waals surface area contributed by atoms with E-state index in [-0.39, 0.29) is 11.7 Å². The third-order valence-electron chi connectivity index (χ3n) is 5.71. The molecule has 0 aliphatic carbocycles. The van der Waals surface area contributed by atoms with Crippen LogP contribution in [0.25, 0.3) is 16.4 Å². The molecule has 2 aromatic heterocycles. The minimum atomic E-state index is -0.0209. The van der Waals surface area contributed by atoms with E-state index >= 15 is 0 Å². The molecule has 6 nitrogen and oxygen atoms in total. The van der Waals surface area contributed by atoms with Crippen LogP contribution in [0.15, 0.2) is 105 Å². The standard InChI is InChI=1S/C27H20N4O2S3/c1-33-21-12-5-2-9-18(21)31-26(24-15-8-16-34-24)28-29-27(31)35-17-25(32)30-19-10-3-6-13-22(19)36-23-14-7-4-11-20(23)30/h2-16H,17H2,1H3. The number of carbonyl (C=O) groups is 1. The average Bonchev–Trinajstić information content (AvgIpc) is 3.60. The van der Waals surface area contributed by atoms with Gasteiger partial charge in [0.2, 0.25) is 5.91 Å². The van der Waals surface area contributed by atoms with Gasteiger partial charge in [-0.05, 0) is 47.8 Å². The van der Waals surface area contributed by atoms with Crippen LogP contribution in [0, 0.1) is 0 Å². The van der Waals surface area contributed by atoms with Crippen molar-refractivity contribution in [2.75, 3.05) is 17.8 Å². The molecule has 0 saturated heterocycles. The first-order chi connectivity index (χ1) is 17.7. The smallest absolute Gasteiger partial charge is 0.242 e. The number of hydrogen-bond acceptors (Lipinski definition) is 7. The van der Waals surface area contributed by atoms with E-state index in [0.29, 0.717) is 10.9 Å². The number of anilines is 2. The van der Waals surface area contributed by atoms with Crippen LogP contribution in [0.5, 0.6) is 5.75 Å². The van der Waals surface area contributed by atoms with Crippen molar-refractivity contribution in [1.82, 2.24) is 14.8 Å². The van der Waals surface area contributed by atoms with Crippen LogP contribution in [0.4, 0.5) is 11.4 Å². The summed E-state index contributed by atoms with van der Waals surface area (Å²) in [5.41, 5.74) is 2.63. The molecule has 9 heteroatoms. The molecule has 36 heavy (non-hydrogen) atoms. The van der Waals surface area contributed by atoms with Gasteiger partial charge in [0.25, 0.3) is 0 Å². The molecule has 0 radical (unpaired) electrons. The zero-order valence-electron chi connectivity index (χ0n) is 19.2. The molecule has 5 aromatic rings. The van der Waals surface area contributed by atoms with Crippen molar-refractivity contribution >= 4 is 52.1 Å². The van der Waals surface area contributed by atoms with Crippen LogP contribution in [0.1, 0.15) is 0 Å². The predicted octanol–water partition coefficient (Wildman–Crippen LogP) is 6.93. The zero-order valence-corrected chi connectivity index (χ0v) is 21.6. The van der Waals surface area contributed by atoms with Gasteiger partial charge >= 0.3 is 0 Å². The van der Waals surface area contributed by atoms with Gasteiger partial charge in [0.1, 0.15) is 5.75 Å². The Bertz CT molecular complexity index is 1500. The first-order valence-electron chi connectivity index (χ1n) is 11.2. The van der Waals surface area contributed by atoms with Gasteiger partial charge in [-0.15, -0.1) is 21.5 Å². The highest BCUT2D eigenvalue weighted by Crippen LogP contribution is 2.48. The van der Waals surface area contributed by atoms with Crippen LogP contribution in [-0.2, 0) is 4.79 Å². The summed E-state index contributed by atoms with van der Waals surface area (Å²) < 4.78 is 7.60. The second-order valence-electron chi connectivity index (χ2n) is 7.85. The Labute approximate surface area is 220 Å². The van der Waals surface area contributed by atoms with Gasteiger partial charge in [0, 0.05) is 9.79 Å². The average molecular weight is 529 g/mol. The number of benzene rings is 3. The molecule has 1 aliphatic rings. The van der Waals surface area contributed by atoms with Gasteiger partial charge in [-0.25, -0.2) is 0 Å². The molecule has 3 heterocycles. The number of carbonyl (C=O) groups excluding carboxylic acids is 1. The lowest BCUT2D eigenvalue weighted by Gasteiger charge is -2.30. The number of amides is 1. The number of nitrogens with zero attached hydrogens (tertiary/aromatic N) is 4. The van der Waals surface area contributed by atoms with Crippen molar-refractivity contribution < 1.29 is 9.53 Å². The molecule has 0 bridgehead atoms. The van der Waals surface area contributed by atoms with Crippen LogP contribution < -0.4 is 9.64 Å². The number of aromatic nitrogens is 3. The second-order valence-corrected chi connectivity index (χ2v) is 10.8. The summed E-state index contributed by atoms with van der Waals surface area (Å²) in [6, 6.07) is 27.8. The van der Waals surface area contributed by atoms with Crippen molar-refractivity contribution in [1.29, 1.82) is 0 Å². The van der Waals surface area contributed by atoms with E-state index in [1.807, 2.05) is 87.6 Å². The number of rotatable bonds is 6. The Morgan fingerprint density at radius 3 is 2.19 bits per heavy atom. The van der Waals surface area contributed by atoms with E-state index in [4.69, 9.17) is 4.74 Å². The molecular formula is C27H20N4O2S3. The second kappa shape index (κ2) is 9.85. The molecule has 0 spiro atoms. The van der Waals surface area contributed by atoms with Crippen LogP contribution >= 0.6 is 34.9 Å². The highest BCUT2D eigenvalue weighted by molar-refractivity contribution is 8.00. The highest BCUT2D eigenvalue weighted by atomic mass is 32.2. The zero-order chi connectivity index (χ0) is 24.5. The van der Waals surface area contributed by atoms with E-state index < -0.39 is 0 Å². The summed E-state index contributed by atoms with van der Waals surface area (Å²) in [6.07, 6.45) is 0. The fourth-order valence-electron chi connectivity index (χ4n) is 4.12. The summed E-state index contributed by atoms with van der Waals surface area (Å²) in [5, 5.41) is 11.6. The normalized spacial score (nSPS) is 12.2. The van der Waals surface area contributed by atoms with Gasteiger partial charge in [0.15, 0.2) is 11.0 Å². The lowest BCUT2D eigenvalue weighted by Crippen LogP contribution is -2.30. The molecule has 0 unspecified atom stereocenters. The number of thioether (sulfide) groups is 1. The molecule has 0 atom stereocenters. The van der Waals surface area contributed by atoms with Crippen molar-refractivity contribution in [2.24, 2.45) is 0 Å². The Kier molecular flexibility index (Phi) is 6.27. The quantitative estimate of drug-likeness (QED) is 0.223. The number of methoxy groups -OCH3 is 1. The first-order valence-corrected chi connectivity index (χ1v) is 13.9. The molecule has 1 aliphatic heterocycles. The molecule has 1 amide bonds. The van der Waals surface area contributed by atoms with Crippen LogP contribution in [0.2, 0.25) is 0 Å². The van der Waals surface area contributed by atoms with Crippen molar-refractivity contribution in [3.8, 4) is 22.1 Å². The Morgan fingerprint density at radius 1 is 0.861 bits per heavy atom. The largest absolute Gasteiger partial charge is 0.495 e. The molecule has 0 fully saturated rings. The molecular weight excluding hydrogens is 509 g/mol. The Morgan fingerprint density at radius 2 is 1.53 bits per heavy atom. The summed E-state index contributed by atoms with van der Waals surface area (Å²) in [4.78, 5) is 18.6. The van der Waals surface area contributed by atoms with E-state index in [0.717, 1.165) is 37.6 Å². The summed E-state index contributed by atoms with van der Waals surface area (Å²) in [5.74, 6) is 1.60. The monoisotopic (exact) mass is 528 g/mol. The number of fused-ring (bicyclic) bond motifs is 2. The van der Waals surface area contributed by atoms with E-state index in [1.165, 1.54) is 11.8 Å². The summed E-state index contributed by atoms with van der Waals surface area (Å²) in [7, 11) is 1.65. The fourth-order valence-corrected chi connectivity index (χ4v) is 6.68. The van der Waals surface area contributed by atoms with Crippen LogP contribution in [0.3, 0.4) is 0 Å². The maximum Gasteiger partial charge on any atom is 0.242 e. The van der Waals surface area contributed by atoms with Gasteiger partial charge in [-0.1, -0.05) is 66.0 Å². The topological polar surface area (TPSA) is 60.2 Å². The first kappa shape index (κ1) is 22.9. The third-order valence-corrected chi connectivity index (χ3v) is 8.62. The number of para-hydroxylation sites is 4. The third kappa shape index (κ3) is 4.09. The van der Waals surface area contributed by atoms with E-state index in [2.05, 4.69) is 22.3 Å². The maximum atomic E-state index is 13.7. The lowest BCUT2D eigenvalue weighted by atomic mass is 10.2. The van der Waals surface area contributed by atoms with Gasteiger partial charge in [-0.3, -0.25) is 14.3 Å². The van der Waals surface area contributed by atoms with Crippen molar-refractivity contribution in [2.45, 2.75) is 14.9 Å². The minimum Gasteiger partial charge on any atom is -0.495 e. The summed E-state index contributed by atoms with van der Waals surface area (Å²) in [6.45, 7) is 0. The summed E-state index contributed by atoms with van der Waals surface area (Å²) >= 11 is 4.65. The van der Waals surface area contributed by atoms with Crippen LogP contribution in [-0.4, -0.2) is 33.5 Å². The Balaban J connectivity index is 1.36. The van der Waals surface area contributed by atoms with E-state index in [1.54, 1.807) is 30.2 Å². The predicted molar refractivity (Wildman–Crippen MR) is 146 cm³/mol. The van der Waals surface area contributed by atoms with E-state index in [9.17, 15) is 4.79 Å². The molecule has 0 saturated carbocycles. The van der Waals surface area contributed by atoms with Gasteiger partial charge in [0.05, 0.1) is 34.8 Å². The number of ether oxygens (including phenoxy) is 1. The van der Waals surface area contributed by atoms with Crippen molar-refractivity contribution in [3.63, 3.8) is 0 Å². The van der Waals surface area contributed by atoms with Crippen molar-refractivity contribution in [3.05, 3.63) is 90.3 Å². The maximum absolute atomic E-state index is 13.7. The van der Waals surface area contributed by atoms with Gasteiger partial charge < -0.3 is 4.74 Å². The Hall–Kier alpha value is -3.53. The fraction of sp³-hybridized carbons (Fsp3) is 0.0741. The molecule has 6 rings (SSSR count). The number of hydrogen-bond donors (Lipinski definition) is 0. The molecule has 3 aromatic carbocycles. The van der Waals surface area contributed by atoms with Gasteiger partial charge in [-0.2, -0.15) is 0 Å². The minimum absolute atomic E-state index is 0.0209. The highest BCUT2D eigenvalue weighted by Gasteiger charge is 2.29. The number of thiophene rings is 1. The lowest BCUT2D eigenvalue weighted by molar-refractivity contribution is -0.115. The molecule has 0 N–H and O–H groups in total. The molecule has 178 valence electrons.